The first kappa shape index (κ1) is 27.4. The van der Waals surface area contributed by atoms with Crippen LogP contribution >= 0.6 is 0 Å². The van der Waals surface area contributed by atoms with Crippen molar-refractivity contribution < 1.29 is 18.7 Å². The van der Waals surface area contributed by atoms with Crippen LogP contribution in [0.25, 0.3) is 0 Å². The first-order chi connectivity index (χ1) is 16.5. The molecule has 0 radical (unpaired) electrons. The Balaban J connectivity index is 1.60. The molecule has 2 amide bonds. The zero-order valence-electron chi connectivity index (χ0n) is 22.4. The number of rotatable bonds is 7. The number of halogens is 1. The van der Waals surface area contributed by atoms with Crippen LogP contribution < -0.4 is 4.90 Å². The van der Waals surface area contributed by atoms with E-state index in [1.165, 1.54) is 12.1 Å². The van der Waals surface area contributed by atoms with Gasteiger partial charge in [-0.05, 0) is 75.1 Å². The van der Waals surface area contributed by atoms with Crippen LogP contribution in [0.15, 0.2) is 24.3 Å². The van der Waals surface area contributed by atoms with E-state index in [0.29, 0.717) is 12.6 Å². The number of amides is 2. The summed E-state index contributed by atoms with van der Waals surface area (Å²) in [5.41, 5.74) is 0.709. The van der Waals surface area contributed by atoms with Crippen LogP contribution in [0, 0.1) is 11.2 Å². The normalized spacial score (nSPS) is 22.8. The topological polar surface area (TPSA) is 53.1 Å². The Kier molecular flexibility index (Phi) is 9.19. The van der Waals surface area contributed by atoms with Gasteiger partial charge in [-0.3, -0.25) is 4.79 Å². The van der Waals surface area contributed by atoms with Crippen molar-refractivity contribution in [2.24, 2.45) is 5.41 Å². The lowest BCUT2D eigenvalue weighted by Crippen LogP contribution is -2.51. The van der Waals surface area contributed by atoms with Crippen molar-refractivity contribution in [1.29, 1.82) is 0 Å². The summed E-state index contributed by atoms with van der Waals surface area (Å²) in [5, 5.41) is 0. The summed E-state index contributed by atoms with van der Waals surface area (Å²) in [6.07, 6.45) is 5.58. The van der Waals surface area contributed by atoms with Crippen LogP contribution in [0.2, 0.25) is 0 Å². The highest BCUT2D eigenvalue weighted by molar-refractivity contribution is 5.92. The van der Waals surface area contributed by atoms with E-state index in [0.717, 1.165) is 57.3 Å². The second-order valence-electron chi connectivity index (χ2n) is 11.5. The predicted molar refractivity (Wildman–Crippen MR) is 138 cm³/mol. The van der Waals surface area contributed by atoms with Crippen molar-refractivity contribution in [3.8, 4) is 0 Å². The molecule has 2 fully saturated rings. The van der Waals surface area contributed by atoms with E-state index in [2.05, 4.69) is 39.5 Å². The van der Waals surface area contributed by atoms with Gasteiger partial charge >= 0.3 is 6.09 Å². The van der Waals surface area contributed by atoms with Crippen molar-refractivity contribution in [1.82, 2.24) is 9.80 Å². The van der Waals surface area contributed by atoms with Gasteiger partial charge in [-0.2, -0.15) is 0 Å². The van der Waals surface area contributed by atoms with E-state index in [4.69, 9.17) is 4.74 Å². The molecule has 1 aromatic rings. The average Bonchev–Trinajstić information content (AvgIpc) is 3.17. The monoisotopic (exact) mass is 489 g/mol. The maximum atomic E-state index is 13.4. The second kappa shape index (κ2) is 11.7. The van der Waals surface area contributed by atoms with E-state index >= 15 is 0 Å². The molecule has 1 aromatic carbocycles. The molecule has 196 valence electrons. The molecule has 3 unspecified atom stereocenters. The van der Waals surface area contributed by atoms with Crippen molar-refractivity contribution in [2.45, 2.75) is 104 Å². The number of hydrogen-bond acceptors (Lipinski definition) is 4. The highest BCUT2D eigenvalue weighted by Gasteiger charge is 2.38. The number of carbonyl (C=O) groups is 2. The largest absolute Gasteiger partial charge is 0.449 e. The second-order valence-corrected chi connectivity index (χ2v) is 11.5. The molecule has 0 N–H and O–H groups in total. The van der Waals surface area contributed by atoms with E-state index in [9.17, 15) is 14.0 Å². The van der Waals surface area contributed by atoms with Gasteiger partial charge in [0.1, 0.15) is 5.82 Å². The molecule has 2 aliphatic heterocycles. The maximum Gasteiger partial charge on any atom is 0.410 e. The van der Waals surface area contributed by atoms with Crippen LogP contribution in [0.3, 0.4) is 0 Å². The molecule has 6 nitrogen and oxygen atoms in total. The molecule has 2 heterocycles. The lowest BCUT2D eigenvalue weighted by Gasteiger charge is -2.42. The van der Waals surface area contributed by atoms with E-state index in [-0.39, 0.29) is 41.4 Å². The van der Waals surface area contributed by atoms with Gasteiger partial charge in [0.2, 0.25) is 5.91 Å². The average molecular weight is 490 g/mol. The predicted octanol–water partition coefficient (Wildman–Crippen LogP) is 5.85. The van der Waals surface area contributed by atoms with Gasteiger partial charge in [-0.25, -0.2) is 9.18 Å². The zero-order chi connectivity index (χ0) is 25.8. The third kappa shape index (κ3) is 7.18. The van der Waals surface area contributed by atoms with Crippen LogP contribution in [-0.4, -0.2) is 65.7 Å². The minimum Gasteiger partial charge on any atom is -0.449 e. The summed E-state index contributed by atoms with van der Waals surface area (Å²) in [5.74, 6) is -0.304. The molecule has 0 spiro atoms. The molecular weight excluding hydrogens is 445 g/mol. The van der Waals surface area contributed by atoms with Crippen molar-refractivity contribution in [3.05, 3.63) is 30.1 Å². The molecule has 0 saturated carbocycles. The van der Waals surface area contributed by atoms with Gasteiger partial charge in [0, 0.05) is 49.9 Å². The van der Waals surface area contributed by atoms with E-state index in [1.54, 1.807) is 19.1 Å². The summed E-state index contributed by atoms with van der Waals surface area (Å²) in [7, 11) is 0. The molecule has 0 aliphatic carbocycles. The number of likely N-dealkylation sites (tertiary alicyclic amines) is 2. The molecule has 2 saturated heterocycles. The summed E-state index contributed by atoms with van der Waals surface area (Å²) in [6, 6.07) is 7.11. The Morgan fingerprint density at radius 1 is 1.11 bits per heavy atom. The third-order valence-electron chi connectivity index (χ3n) is 7.47. The number of nitrogens with zero attached hydrogens (tertiary/aromatic N) is 3. The number of anilines is 1. The summed E-state index contributed by atoms with van der Waals surface area (Å²) < 4.78 is 19.1. The third-order valence-corrected chi connectivity index (χ3v) is 7.47. The van der Waals surface area contributed by atoms with Gasteiger partial charge in [-0.1, -0.05) is 27.7 Å². The molecule has 0 aromatic heterocycles. The molecule has 3 rings (SSSR count). The highest BCUT2D eigenvalue weighted by Crippen LogP contribution is 2.32. The molecule has 2 aliphatic rings. The van der Waals surface area contributed by atoms with Gasteiger partial charge in [0.25, 0.3) is 0 Å². The summed E-state index contributed by atoms with van der Waals surface area (Å²) >= 11 is 0. The van der Waals surface area contributed by atoms with E-state index < -0.39 is 0 Å². The molecule has 0 bridgehead atoms. The first-order valence-corrected chi connectivity index (χ1v) is 13.2. The fourth-order valence-corrected chi connectivity index (χ4v) is 5.63. The molecule has 3 atom stereocenters. The zero-order valence-corrected chi connectivity index (χ0v) is 22.4. The Morgan fingerprint density at radius 2 is 1.74 bits per heavy atom. The number of piperidine rings is 1. The molecule has 7 heteroatoms. The Hall–Kier alpha value is -2.15. The van der Waals surface area contributed by atoms with Gasteiger partial charge in [-0.15, -0.1) is 0 Å². The van der Waals surface area contributed by atoms with Crippen molar-refractivity contribution in [2.75, 3.05) is 24.6 Å². The van der Waals surface area contributed by atoms with Crippen LogP contribution in [0.5, 0.6) is 0 Å². The standard InChI is InChI=1S/C28H44FN3O3/c1-7-23(18-26-11-8-20(2)31(26)27(34)35-19-28(4,5)6)30-16-14-25(15-17-30)32(21(3)33)24-12-9-22(29)10-13-24/h9-10,12-13,20,23,25-26H,7-8,11,14-19H2,1-6H3. The van der Waals surface area contributed by atoms with Gasteiger partial charge < -0.3 is 19.4 Å². The lowest BCUT2D eigenvalue weighted by atomic mass is 9.96. The summed E-state index contributed by atoms with van der Waals surface area (Å²) in [4.78, 5) is 31.7. The smallest absolute Gasteiger partial charge is 0.410 e. The minimum absolute atomic E-state index is 0.00791. The fraction of sp³-hybridized carbons (Fsp3) is 0.714. The van der Waals surface area contributed by atoms with Gasteiger partial charge in [0.15, 0.2) is 0 Å². The number of benzene rings is 1. The highest BCUT2D eigenvalue weighted by atomic mass is 19.1. The Labute approximate surface area is 210 Å². The SMILES string of the molecule is CCC(CC1CCC(C)N1C(=O)OCC(C)(C)C)N1CCC(N(C(C)=O)c2ccc(F)cc2)CC1. The van der Waals surface area contributed by atoms with Crippen molar-refractivity contribution in [3.63, 3.8) is 0 Å². The number of hydrogen-bond donors (Lipinski definition) is 0. The number of carbonyl (C=O) groups excluding carboxylic acids is 2. The number of ether oxygens (including phenoxy) is 1. The minimum atomic E-state index is -0.296. The summed E-state index contributed by atoms with van der Waals surface area (Å²) in [6.45, 7) is 14.4. The fourth-order valence-electron chi connectivity index (χ4n) is 5.63. The van der Waals surface area contributed by atoms with Crippen molar-refractivity contribution >= 4 is 17.7 Å². The van der Waals surface area contributed by atoms with Gasteiger partial charge in [0.05, 0.1) is 6.61 Å². The lowest BCUT2D eigenvalue weighted by molar-refractivity contribution is -0.117. The quantitative estimate of drug-likeness (QED) is 0.482. The van der Waals surface area contributed by atoms with Crippen LogP contribution in [0.4, 0.5) is 14.9 Å². The van der Waals surface area contributed by atoms with Crippen LogP contribution in [-0.2, 0) is 9.53 Å². The Bertz CT molecular complexity index is 846. The molecular formula is C28H44FN3O3. The van der Waals surface area contributed by atoms with Crippen LogP contribution in [0.1, 0.15) is 80.1 Å². The Morgan fingerprint density at radius 3 is 2.29 bits per heavy atom. The molecule has 35 heavy (non-hydrogen) atoms. The first-order valence-electron chi connectivity index (χ1n) is 13.2. The van der Waals surface area contributed by atoms with E-state index in [1.807, 2.05) is 9.80 Å². The maximum absolute atomic E-state index is 13.4.